The zero-order valence-electron chi connectivity index (χ0n) is 14.7. The average Bonchev–Trinajstić information content (AvgIpc) is 3.13. The van der Waals surface area contributed by atoms with E-state index in [1.54, 1.807) is 12.1 Å². The van der Waals surface area contributed by atoms with Crippen molar-refractivity contribution in [1.82, 2.24) is 10.6 Å². The maximum Gasteiger partial charge on any atom is 0.192 e. The Balaban J connectivity index is 0.00000210. The molecular formula is C22H21ClFN3. The molecule has 3 aromatic carbocycles. The Morgan fingerprint density at radius 1 is 0.704 bits per heavy atom. The number of benzene rings is 3. The topological polar surface area (TPSA) is 36.4 Å². The zero-order valence-corrected chi connectivity index (χ0v) is 15.5. The molecule has 3 aromatic rings. The summed E-state index contributed by atoms with van der Waals surface area (Å²) in [4.78, 5) is 4.65. The fourth-order valence-corrected chi connectivity index (χ4v) is 3.23. The van der Waals surface area contributed by atoms with Gasteiger partial charge < -0.3 is 10.6 Å². The van der Waals surface area contributed by atoms with Crippen LogP contribution in [-0.4, -0.2) is 5.96 Å². The molecule has 27 heavy (non-hydrogen) atoms. The van der Waals surface area contributed by atoms with Crippen LogP contribution in [0.15, 0.2) is 89.9 Å². The minimum absolute atomic E-state index is 0. The maximum absolute atomic E-state index is 13.0. The quantitative estimate of drug-likeness (QED) is 0.682. The van der Waals surface area contributed by atoms with Gasteiger partial charge >= 0.3 is 0 Å². The van der Waals surface area contributed by atoms with Crippen LogP contribution in [0, 0.1) is 5.82 Å². The van der Waals surface area contributed by atoms with Gasteiger partial charge in [-0.3, -0.25) is 0 Å². The highest BCUT2D eigenvalue weighted by atomic mass is 35.5. The van der Waals surface area contributed by atoms with E-state index in [2.05, 4.69) is 39.9 Å². The molecule has 0 aliphatic carbocycles. The molecule has 0 aromatic heterocycles. The zero-order chi connectivity index (χ0) is 17.8. The molecule has 1 aliphatic rings. The van der Waals surface area contributed by atoms with E-state index in [4.69, 9.17) is 0 Å². The van der Waals surface area contributed by atoms with Crippen molar-refractivity contribution in [2.75, 3.05) is 0 Å². The number of nitrogens with zero attached hydrogens (tertiary/aromatic N) is 1. The highest BCUT2D eigenvalue weighted by Gasteiger charge is 2.32. The smallest absolute Gasteiger partial charge is 0.192 e. The van der Waals surface area contributed by atoms with Gasteiger partial charge in [-0.15, -0.1) is 12.4 Å². The Morgan fingerprint density at radius 2 is 1.19 bits per heavy atom. The van der Waals surface area contributed by atoms with Gasteiger partial charge in [0.25, 0.3) is 0 Å². The molecule has 0 saturated carbocycles. The van der Waals surface area contributed by atoms with E-state index in [9.17, 15) is 4.39 Å². The van der Waals surface area contributed by atoms with Gasteiger partial charge in [0.2, 0.25) is 0 Å². The summed E-state index contributed by atoms with van der Waals surface area (Å²) in [6.07, 6.45) is 0. The molecule has 1 saturated heterocycles. The Labute approximate surface area is 164 Å². The van der Waals surface area contributed by atoms with E-state index in [1.807, 2.05) is 36.4 Å². The monoisotopic (exact) mass is 381 g/mol. The minimum atomic E-state index is -0.230. The molecule has 0 radical (unpaired) electrons. The van der Waals surface area contributed by atoms with Crippen LogP contribution in [0.25, 0.3) is 0 Å². The number of rotatable bonds is 4. The second-order valence-corrected chi connectivity index (χ2v) is 6.36. The second kappa shape index (κ2) is 8.69. The number of hydrogen-bond acceptors (Lipinski definition) is 1. The van der Waals surface area contributed by atoms with Crippen LogP contribution in [-0.2, 0) is 6.54 Å². The van der Waals surface area contributed by atoms with Crippen LogP contribution in [0.1, 0.15) is 28.8 Å². The molecule has 0 bridgehead atoms. The predicted molar refractivity (Wildman–Crippen MR) is 109 cm³/mol. The third kappa shape index (κ3) is 4.47. The van der Waals surface area contributed by atoms with Gasteiger partial charge in [0.1, 0.15) is 5.82 Å². The van der Waals surface area contributed by atoms with Gasteiger partial charge in [-0.25, -0.2) is 9.38 Å². The largest absolute Gasteiger partial charge is 0.347 e. The fraction of sp³-hybridized carbons (Fsp3) is 0.136. The summed E-state index contributed by atoms with van der Waals surface area (Å²) in [5.41, 5.74) is 3.39. The lowest BCUT2D eigenvalue weighted by Gasteiger charge is -2.19. The molecule has 5 heteroatoms. The Hall–Kier alpha value is -2.85. The molecule has 0 amide bonds. The molecule has 1 fully saturated rings. The number of aliphatic imine (C=N–C) groups is 1. The van der Waals surface area contributed by atoms with Gasteiger partial charge in [0.15, 0.2) is 5.96 Å². The van der Waals surface area contributed by atoms with E-state index in [1.165, 1.54) is 23.3 Å². The van der Waals surface area contributed by atoms with E-state index >= 15 is 0 Å². The predicted octanol–water partition coefficient (Wildman–Crippen LogP) is 4.78. The molecule has 1 heterocycles. The Bertz CT molecular complexity index is 833. The number of hydrogen-bond donors (Lipinski definition) is 2. The summed E-state index contributed by atoms with van der Waals surface area (Å²) in [5, 5.41) is 7.00. The number of guanidine groups is 1. The third-order valence-corrected chi connectivity index (χ3v) is 4.57. The van der Waals surface area contributed by atoms with Crippen molar-refractivity contribution in [2.45, 2.75) is 18.6 Å². The van der Waals surface area contributed by atoms with Crippen molar-refractivity contribution in [3.05, 3.63) is 107 Å². The molecular weight excluding hydrogens is 361 g/mol. The first-order valence-corrected chi connectivity index (χ1v) is 8.71. The summed E-state index contributed by atoms with van der Waals surface area (Å²) in [5.74, 6) is 0.531. The molecule has 4 rings (SSSR count). The average molecular weight is 382 g/mol. The van der Waals surface area contributed by atoms with Gasteiger partial charge in [-0.1, -0.05) is 72.8 Å². The molecule has 3 nitrogen and oxygen atoms in total. The van der Waals surface area contributed by atoms with Crippen molar-refractivity contribution >= 4 is 18.4 Å². The summed E-state index contributed by atoms with van der Waals surface area (Å²) in [7, 11) is 0. The van der Waals surface area contributed by atoms with Gasteiger partial charge in [-0.2, -0.15) is 0 Å². The SMILES string of the molecule is Cl.Fc1ccc(CN=C2N[C@H](c3ccccc3)[C@H](c3ccccc3)N2)cc1. The molecule has 0 unspecified atom stereocenters. The lowest BCUT2D eigenvalue weighted by Crippen LogP contribution is -2.25. The first-order chi connectivity index (χ1) is 12.8. The minimum Gasteiger partial charge on any atom is -0.347 e. The van der Waals surface area contributed by atoms with Gasteiger partial charge in [-0.05, 0) is 28.8 Å². The number of halogens is 2. The summed E-state index contributed by atoms with van der Waals surface area (Å²) < 4.78 is 13.0. The first-order valence-electron chi connectivity index (χ1n) is 8.71. The van der Waals surface area contributed by atoms with Crippen molar-refractivity contribution in [3.8, 4) is 0 Å². The maximum atomic E-state index is 13.0. The highest BCUT2D eigenvalue weighted by molar-refractivity contribution is 5.85. The molecule has 2 N–H and O–H groups in total. The van der Waals surface area contributed by atoms with Crippen molar-refractivity contribution in [3.63, 3.8) is 0 Å². The van der Waals surface area contributed by atoms with E-state index in [-0.39, 0.29) is 30.3 Å². The lowest BCUT2D eigenvalue weighted by molar-refractivity contribution is 0.554. The molecule has 2 atom stereocenters. The lowest BCUT2D eigenvalue weighted by atomic mass is 9.95. The van der Waals surface area contributed by atoms with E-state index in [0.717, 1.165) is 11.5 Å². The molecule has 138 valence electrons. The van der Waals surface area contributed by atoms with E-state index in [0.29, 0.717) is 6.54 Å². The van der Waals surface area contributed by atoms with Crippen molar-refractivity contribution in [2.24, 2.45) is 4.99 Å². The van der Waals surface area contributed by atoms with Crippen LogP contribution in [0.2, 0.25) is 0 Å². The van der Waals surface area contributed by atoms with Gasteiger partial charge in [0.05, 0.1) is 18.6 Å². The standard InChI is InChI=1S/C22H20FN3.ClH/c23-19-13-11-16(12-14-19)15-24-22-25-20(17-7-3-1-4-8-17)21(26-22)18-9-5-2-6-10-18;/h1-14,20-21H,15H2,(H2,24,25,26);1H/t20-,21+;. The third-order valence-electron chi connectivity index (χ3n) is 4.57. The summed E-state index contributed by atoms with van der Waals surface area (Å²) >= 11 is 0. The van der Waals surface area contributed by atoms with Gasteiger partial charge in [0, 0.05) is 0 Å². The summed E-state index contributed by atoms with van der Waals surface area (Å²) in [6, 6.07) is 27.4. The fourth-order valence-electron chi connectivity index (χ4n) is 3.23. The Kier molecular flexibility index (Phi) is 6.09. The second-order valence-electron chi connectivity index (χ2n) is 6.36. The molecule has 1 aliphatic heterocycles. The normalized spacial score (nSPS) is 19.8. The first kappa shape index (κ1) is 18.9. The Morgan fingerprint density at radius 3 is 1.67 bits per heavy atom. The van der Waals surface area contributed by atoms with Crippen LogP contribution in [0.4, 0.5) is 4.39 Å². The molecule has 0 spiro atoms. The van der Waals surface area contributed by atoms with Crippen LogP contribution in [0.3, 0.4) is 0 Å². The van der Waals surface area contributed by atoms with Crippen LogP contribution < -0.4 is 10.6 Å². The highest BCUT2D eigenvalue weighted by Crippen LogP contribution is 2.32. The van der Waals surface area contributed by atoms with Crippen LogP contribution >= 0.6 is 12.4 Å². The van der Waals surface area contributed by atoms with E-state index < -0.39 is 0 Å². The van der Waals surface area contributed by atoms with Crippen molar-refractivity contribution < 1.29 is 4.39 Å². The number of nitrogens with one attached hydrogen (secondary N) is 2. The van der Waals surface area contributed by atoms with Crippen LogP contribution in [0.5, 0.6) is 0 Å². The summed E-state index contributed by atoms with van der Waals surface area (Å²) in [6.45, 7) is 0.499. The van der Waals surface area contributed by atoms with Crippen molar-refractivity contribution in [1.29, 1.82) is 0 Å².